The van der Waals surface area contributed by atoms with Gasteiger partial charge in [-0.2, -0.15) is 5.10 Å². The van der Waals surface area contributed by atoms with Gasteiger partial charge in [0.05, 0.1) is 23.0 Å². The van der Waals surface area contributed by atoms with E-state index in [4.69, 9.17) is 11.6 Å². The van der Waals surface area contributed by atoms with Crippen molar-refractivity contribution in [2.45, 2.75) is 20.0 Å². The number of benzene rings is 1. The molecule has 0 fully saturated rings. The third kappa shape index (κ3) is 2.41. The van der Waals surface area contributed by atoms with Crippen LogP contribution in [0.4, 0.5) is 5.69 Å². The Bertz CT molecular complexity index is 620. The van der Waals surface area contributed by atoms with E-state index in [0.717, 1.165) is 42.6 Å². The molecule has 4 nitrogen and oxygen atoms in total. The monoisotopic (exact) mass is 290 g/mol. The van der Waals surface area contributed by atoms with Gasteiger partial charge in [0.15, 0.2) is 0 Å². The summed E-state index contributed by atoms with van der Waals surface area (Å²) in [5, 5.41) is 8.63. The molecule has 1 aromatic carbocycles. The molecule has 1 aliphatic heterocycles. The van der Waals surface area contributed by atoms with Crippen LogP contribution in [-0.2, 0) is 20.1 Å². The normalized spacial score (nSPS) is 15.1. The molecule has 2 heterocycles. The summed E-state index contributed by atoms with van der Waals surface area (Å²) >= 11 is 6.38. The second kappa shape index (κ2) is 5.46. The van der Waals surface area contributed by atoms with Crippen molar-refractivity contribution < 1.29 is 0 Å². The molecule has 3 rings (SSSR count). The first-order valence-corrected chi connectivity index (χ1v) is 7.26. The van der Waals surface area contributed by atoms with Gasteiger partial charge >= 0.3 is 0 Å². The fourth-order valence-electron chi connectivity index (χ4n) is 2.72. The Morgan fingerprint density at radius 1 is 1.35 bits per heavy atom. The Kier molecular flexibility index (Phi) is 3.68. The number of para-hydroxylation sites is 1. The van der Waals surface area contributed by atoms with E-state index in [0.29, 0.717) is 0 Å². The number of rotatable bonds is 2. The largest absolute Gasteiger partial charge is 0.364 e. The topological polar surface area (TPSA) is 33.1 Å². The summed E-state index contributed by atoms with van der Waals surface area (Å²) in [5.41, 5.74) is 4.58. The molecule has 0 unspecified atom stereocenters. The minimum atomic E-state index is 0.780. The number of fused-ring (bicyclic) bond motifs is 1. The Morgan fingerprint density at radius 2 is 2.15 bits per heavy atom. The zero-order valence-electron chi connectivity index (χ0n) is 11.9. The Balaban J connectivity index is 1.94. The Hall–Kier alpha value is -1.52. The van der Waals surface area contributed by atoms with Crippen LogP contribution in [-0.4, -0.2) is 22.9 Å². The molecule has 1 N–H and O–H groups in total. The number of halogens is 1. The second-order valence-electron chi connectivity index (χ2n) is 5.20. The zero-order valence-corrected chi connectivity index (χ0v) is 12.6. The van der Waals surface area contributed by atoms with Crippen LogP contribution in [0.1, 0.15) is 17.0 Å². The van der Waals surface area contributed by atoms with Gasteiger partial charge < -0.3 is 10.2 Å². The van der Waals surface area contributed by atoms with Crippen LogP contribution in [0, 0.1) is 6.92 Å². The fraction of sp³-hybridized carbons (Fsp3) is 0.400. The van der Waals surface area contributed by atoms with E-state index in [-0.39, 0.29) is 0 Å². The summed E-state index contributed by atoms with van der Waals surface area (Å²) in [6, 6.07) is 8.54. The number of anilines is 1. The van der Waals surface area contributed by atoms with E-state index in [1.165, 1.54) is 11.3 Å². The maximum atomic E-state index is 6.38. The molecule has 0 radical (unpaired) electrons. The predicted octanol–water partition coefficient (Wildman–Crippen LogP) is 2.49. The van der Waals surface area contributed by atoms with Gasteiger partial charge in [-0.05, 0) is 18.6 Å². The van der Waals surface area contributed by atoms with E-state index in [9.17, 15) is 0 Å². The van der Waals surface area contributed by atoms with Crippen molar-refractivity contribution in [1.29, 1.82) is 0 Å². The maximum Gasteiger partial charge on any atom is 0.0865 e. The van der Waals surface area contributed by atoms with E-state index < -0.39 is 0 Å². The molecule has 1 aromatic heterocycles. The van der Waals surface area contributed by atoms with Gasteiger partial charge in [-0.3, -0.25) is 4.68 Å². The summed E-state index contributed by atoms with van der Waals surface area (Å²) in [6.45, 7) is 5.60. The maximum absolute atomic E-state index is 6.38. The van der Waals surface area contributed by atoms with Crippen LogP contribution in [0.5, 0.6) is 0 Å². The number of aromatic nitrogens is 2. The molecule has 0 saturated carbocycles. The van der Waals surface area contributed by atoms with Crippen LogP contribution in [0.2, 0.25) is 5.02 Å². The third-order valence-corrected chi connectivity index (χ3v) is 4.30. The molecule has 1 aliphatic rings. The lowest BCUT2D eigenvalue weighted by Crippen LogP contribution is -2.29. The number of nitrogens with one attached hydrogen (secondary N) is 1. The quantitative estimate of drug-likeness (QED) is 0.922. The molecule has 0 aliphatic carbocycles. The van der Waals surface area contributed by atoms with Crippen LogP contribution >= 0.6 is 11.6 Å². The zero-order chi connectivity index (χ0) is 14.1. The lowest BCUT2D eigenvalue weighted by molar-refractivity contribution is 0.655. The van der Waals surface area contributed by atoms with Crippen LogP contribution in [0.25, 0.3) is 0 Å². The van der Waals surface area contributed by atoms with Crippen LogP contribution in [0.3, 0.4) is 0 Å². The van der Waals surface area contributed by atoms with Gasteiger partial charge in [0.25, 0.3) is 0 Å². The second-order valence-corrected chi connectivity index (χ2v) is 5.57. The molecule has 5 heteroatoms. The Morgan fingerprint density at radius 3 is 2.90 bits per heavy atom. The molecular weight excluding hydrogens is 272 g/mol. The van der Waals surface area contributed by atoms with Crippen LogP contribution in [0.15, 0.2) is 24.3 Å². The van der Waals surface area contributed by atoms with E-state index in [2.05, 4.69) is 39.6 Å². The molecular formula is C15H19ClN4. The Labute approximate surface area is 124 Å². The summed E-state index contributed by atoms with van der Waals surface area (Å²) in [4.78, 5) is 2.37. The molecule has 0 spiro atoms. The first-order valence-electron chi connectivity index (χ1n) is 6.88. The summed E-state index contributed by atoms with van der Waals surface area (Å²) in [7, 11) is 1.95. The van der Waals surface area contributed by atoms with Gasteiger partial charge in [0.1, 0.15) is 0 Å². The van der Waals surface area contributed by atoms with Crippen molar-refractivity contribution in [3.63, 3.8) is 0 Å². The van der Waals surface area contributed by atoms with Crippen molar-refractivity contribution in [2.24, 2.45) is 7.05 Å². The SMILES string of the molecule is Cc1nn(C)c(CN2CCNCc3ccccc32)c1Cl. The number of aryl methyl sites for hydroxylation is 2. The molecule has 0 amide bonds. The highest BCUT2D eigenvalue weighted by molar-refractivity contribution is 6.31. The van der Waals surface area contributed by atoms with Crippen molar-refractivity contribution in [3.05, 3.63) is 46.2 Å². The highest BCUT2D eigenvalue weighted by atomic mass is 35.5. The van der Waals surface area contributed by atoms with Crippen molar-refractivity contribution in [1.82, 2.24) is 15.1 Å². The highest BCUT2D eigenvalue weighted by Crippen LogP contribution is 2.27. The lowest BCUT2D eigenvalue weighted by atomic mass is 10.1. The number of nitrogens with zero attached hydrogens (tertiary/aromatic N) is 3. The number of hydrogen-bond acceptors (Lipinski definition) is 3. The number of hydrogen-bond donors (Lipinski definition) is 1. The molecule has 20 heavy (non-hydrogen) atoms. The van der Waals surface area contributed by atoms with E-state index in [1.807, 2.05) is 18.7 Å². The smallest absolute Gasteiger partial charge is 0.0865 e. The minimum absolute atomic E-state index is 0.780. The highest BCUT2D eigenvalue weighted by Gasteiger charge is 2.19. The average Bonchev–Trinajstić information content (AvgIpc) is 2.63. The summed E-state index contributed by atoms with van der Waals surface area (Å²) in [5.74, 6) is 0. The molecule has 0 atom stereocenters. The summed E-state index contributed by atoms with van der Waals surface area (Å²) < 4.78 is 1.89. The predicted molar refractivity (Wildman–Crippen MR) is 82.2 cm³/mol. The van der Waals surface area contributed by atoms with Crippen molar-refractivity contribution in [3.8, 4) is 0 Å². The van der Waals surface area contributed by atoms with Gasteiger partial charge in [-0.1, -0.05) is 29.8 Å². The third-order valence-electron chi connectivity index (χ3n) is 3.81. The van der Waals surface area contributed by atoms with Gasteiger partial charge in [-0.15, -0.1) is 0 Å². The van der Waals surface area contributed by atoms with E-state index in [1.54, 1.807) is 0 Å². The first-order chi connectivity index (χ1) is 9.66. The fourth-order valence-corrected chi connectivity index (χ4v) is 2.94. The van der Waals surface area contributed by atoms with Crippen molar-refractivity contribution in [2.75, 3.05) is 18.0 Å². The minimum Gasteiger partial charge on any atom is -0.364 e. The molecule has 2 aromatic rings. The van der Waals surface area contributed by atoms with Gasteiger partial charge in [-0.25, -0.2) is 0 Å². The molecule has 0 bridgehead atoms. The molecule has 0 saturated heterocycles. The van der Waals surface area contributed by atoms with Crippen molar-refractivity contribution >= 4 is 17.3 Å². The van der Waals surface area contributed by atoms with Gasteiger partial charge in [0.2, 0.25) is 0 Å². The van der Waals surface area contributed by atoms with Gasteiger partial charge in [0, 0.05) is 32.4 Å². The average molecular weight is 291 g/mol. The van der Waals surface area contributed by atoms with E-state index >= 15 is 0 Å². The molecule has 106 valence electrons. The standard InChI is InChI=1S/C15H19ClN4/c1-11-15(16)14(19(2)18-11)10-20-8-7-17-9-12-5-3-4-6-13(12)20/h3-6,17H,7-10H2,1-2H3. The lowest BCUT2D eigenvalue weighted by Gasteiger charge is -2.24. The first kappa shape index (κ1) is 13.5. The van der Waals surface area contributed by atoms with Crippen LogP contribution < -0.4 is 10.2 Å². The summed E-state index contributed by atoms with van der Waals surface area (Å²) in [6.07, 6.45) is 0.